The Morgan fingerprint density at radius 1 is 1.41 bits per heavy atom. The minimum absolute atomic E-state index is 0.0607. The maximum Gasteiger partial charge on any atom is 0.270 e. The number of hydrogen-bond acceptors (Lipinski definition) is 8. The van der Waals surface area contributed by atoms with E-state index in [-0.39, 0.29) is 23.7 Å². The summed E-state index contributed by atoms with van der Waals surface area (Å²) < 4.78 is 17.9. The van der Waals surface area contributed by atoms with Gasteiger partial charge in [0.1, 0.15) is 11.9 Å². The molecule has 0 aliphatic carbocycles. The molecule has 0 radical (unpaired) electrons. The van der Waals surface area contributed by atoms with E-state index in [0.29, 0.717) is 11.3 Å². The highest BCUT2D eigenvalue weighted by atomic mass is 16.6. The lowest BCUT2D eigenvalue weighted by atomic mass is 9.87. The van der Waals surface area contributed by atoms with Crippen LogP contribution in [0.4, 0.5) is 5.69 Å². The Kier molecular flexibility index (Phi) is 4.85. The minimum Gasteiger partial charge on any atom is -0.482 e. The molecule has 10 nitrogen and oxygen atoms in total. The Morgan fingerprint density at radius 2 is 2.15 bits per heavy atom. The first-order chi connectivity index (χ1) is 12.7. The summed E-state index contributed by atoms with van der Waals surface area (Å²) in [4.78, 5) is 22.1. The second-order valence-electron chi connectivity index (χ2n) is 6.44. The normalized spacial score (nSPS) is 24.0. The van der Waals surface area contributed by atoms with Crippen LogP contribution in [0.5, 0.6) is 11.6 Å². The van der Waals surface area contributed by atoms with Gasteiger partial charge in [-0.15, -0.1) is 5.10 Å². The third kappa shape index (κ3) is 3.49. The molecule has 0 saturated heterocycles. The van der Waals surface area contributed by atoms with Gasteiger partial charge in [-0.25, -0.2) is 4.68 Å². The summed E-state index contributed by atoms with van der Waals surface area (Å²) in [5.41, 5.74) is -1.33. The molecule has 1 aliphatic rings. The highest BCUT2D eigenvalue weighted by molar-refractivity contribution is 5.47. The van der Waals surface area contributed by atoms with Crippen LogP contribution in [-0.2, 0) is 11.8 Å². The zero-order chi connectivity index (χ0) is 19.8. The quantitative estimate of drug-likeness (QED) is 0.603. The SMILES string of the molecule is COCC1(C)Oc2ccc([N+](=O)[O-])cc2C(Oc2ccc(=O)n(C)n2)C1O. The van der Waals surface area contributed by atoms with Crippen LogP contribution in [0.3, 0.4) is 0 Å². The zero-order valence-corrected chi connectivity index (χ0v) is 15.0. The predicted octanol–water partition coefficient (Wildman–Crippen LogP) is 0.967. The van der Waals surface area contributed by atoms with Gasteiger partial charge >= 0.3 is 0 Å². The Labute approximate surface area is 154 Å². The third-order valence-electron chi connectivity index (χ3n) is 4.38. The summed E-state index contributed by atoms with van der Waals surface area (Å²) in [5.74, 6) is 0.417. The number of nitro groups is 1. The number of non-ortho nitro benzene ring substituents is 1. The molecule has 0 amide bonds. The molecule has 27 heavy (non-hydrogen) atoms. The van der Waals surface area contributed by atoms with Crippen molar-refractivity contribution in [3.8, 4) is 11.6 Å². The van der Waals surface area contributed by atoms with E-state index in [1.165, 1.54) is 44.5 Å². The fourth-order valence-corrected chi connectivity index (χ4v) is 2.97. The number of nitro benzene ring substituents is 1. The summed E-state index contributed by atoms with van der Waals surface area (Å²) in [7, 11) is 2.93. The first-order valence-corrected chi connectivity index (χ1v) is 8.10. The zero-order valence-electron chi connectivity index (χ0n) is 15.0. The van der Waals surface area contributed by atoms with Crippen LogP contribution in [-0.4, -0.2) is 45.2 Å². The first kappa shape index (κ1) is 18.8. The largest absolute Gasteiger partial charge is 0.482 e. The molecule has 0 saturated carbocycles. The van der Waals surface area contributed by atoms with Gasteiger partial charge in [0.2, 0.25) is 5.88 Å². The van der Waals surface area contributed by atoms with Crippen molar-refractivity contribution in [2.45, 2.75) is 24.7 Å². The van der Waals surface area contributed by atoms with Gasteiger partial charge < -0.3 is 19.3 Å². The van der Waals surface area contributed by atoms with Crippen LogP contribution in [0.25, 0.3) is 0 Å². The van der Waals surface area contributed by atoms with Gasteiger partial charge in [-0.1, -0.05) is 0 Å². The molecule has 0 bridgehead atoms. The average molecular weight is 377 g/mol. The van der Waals surface area contributed by atoms with E-state index in [1.54, 1.807) is 6.92 Å². The van der Waals surface area contributed by atoms with Crippen LogP contribution in [0.1, 0.15) is 18.6 Å². The molecule has 3 atom stereocenters. The highest BCUT2D eigenvalue weighted by Crippen LogP contribution is 2.43. The van der Waals surface area contributed by atoms with Crippen LogP contribution in [0.2, 0.25) is 0 Å². The number of hydrogen-bond donors (Lipinski definition) is 1. The van der Waals surface area contributed by atoms with E-state index < -0.39 is 22.7 Å². The molecule has 1 aromatic carbocycles. The first-order valence-electron chi connectivity index (χ1n) is 8.10. The third-order valence-corrected chi connectivity index (χ3v) is 4.38. The van der Waals surface area contributed by atoms with Gasteiger partial charge in [0, 0.05) is 44.0 Å². The lowest BCUT2D eigenvalue weighted by Gasteiger charge is -2.43. The standard InChI is InChI=1S/C17H19N3O7/c1-17(9-25-3)16(22)15(26-13-6-7-14(21)19(2)18-13)11-8-10(20(23)24)4-5-12(11)27-17/h4-8,15-16,22H,9H2,1-3H3. The molecular weight excluding hydrogens is 358 g/mol. The van der Waals surface area contributed by atoms with E-state index in [0.717, 1.165) is 4.68 Å². The van der Waals surface area contributed by atoms with Crippen molar-refractivity contribution in [2.75, 3.05) is 13.7 Å². The summed E-state index contributed by atoms with van der Waals surface area (Å²) in [5, 5.41) is 26.0. The molecule has 10 heteroatoms. The van der Waals surface area contributed by atoms with Crippen molar-refractivity contribution in [3.05, 3.63) is 56.4 Å². The van der Waals surface area contributed by atoms with Crippen molar-refractivity contribution >= 4 is 5.69 Å². The molecule has 2 aromatic rings. The molecule has 0 fully saturated rings. The molecule has 3 unspecified atom stereocenters. The summed E-state index contributed by atoms with van der Waals surface area (Å²) >= 11 is 0. The number of methoxy groups -OCH3 is 1. The van der Waals surface area contributed by atoms with Crippen molar-refractivity contribution in [3.63, 3.8) is 0 Å². The average Bonchev–Trinajstić information content (AvgIpc) is 2.62. The van der Waals surface area contributed by atoms with E-state index in [4.69, 9.17) is 14.2 Å². The van der Waals surface area contributed by atoms with Gasteiger partial charge in [0.05, 0.1) is 11.5 Å². The minimum atomic E-state index is -1.22. The van der Waals surface area contributed by atoms with E-state index in [9.17, 15) is 20.0 Å². The number of nitrogens with zero attached hydrogens (tertiary/aromatic N) is 3. The van der Waals surface area contributed by atoms with E-state index in [2.05, 4.69) is 5.10 Å². The predicted molar refractivity (Wildman–Crippen MR) is 92.9 cm³/mol. The van der Waals surface area contributed by atoms with E-state index in [1.807, 2.05) is 0 Å². The summed E-state index contributed by atoms with van der Waals surface area (Å²) in [6, 6.07) is 6.70. The van der Waals surface area contributed by atoms with Crippen LogP contribution in [0, 0.1) is 10.1 Å². The fourth-order valence-electron chi connectivity index (χ4n) is 2.97. The number of aryl methyl sites for hydroxylation is 1. The number of fused-ring (bicyclic) bond motifs is 1. The number of benzene rings is 1. The maximum absolute atomic E-state index is 11.5. The van der Waals surface area contributed by atoms with Crippen molar-refractivity contribution in [2.24, 2.45) is 7.05 Å². The molecule has 3 rings (SSSR count). The second kappa shape index (κ2) is 6.97. The smallest absolute Gasteiger partial charge is 0.270 e. The van der Waals surface area contributed by atoms with Gasteiger partial charge in [-0.2, -0.15) is 0 Å². The van der Waals surface area contributed by atoms with Gasteiger partial charge in [0.15, 0.2) is 11.7 Å². The van der Waals surface area contributed by atoms with Crippen molar-refractivity contribution < 1.29 is 24.2 Å². The summed E-state index contributed by atoms with van der Waals surface area (Å²) in [6.45, 7) is 1.71. The molecule has 2 heterocycles. The second-order valence-corrected chi connectivity index (χ2v) is 6.44. The van der Waals surface area contributed by atoms with Gasteiger partial charge in [-0.3, -0.25) is 14.9 Å². The Bertz CT molecular complexity index is 929. The lowest BCUT2D eigenvalue weighted by Crippen LogP contribution is -2.55. The fraction of sp³-hybridized carbons (Fsp3) is 0.412. The molecule has 0 spiro atoms. The monoisotopic (exact) mass is 377 g/mol. The molecule has 1 aliphatic heterocycles. The summed E-state index contributed by atoms with van der Waals surface area (Å²) in [6.07, 6.45) is -2.23. The number of aliphatic hydroxyl groups is 1. The number of aliphatic hydroxyl groups excluding tert-OH is 1. The highest BCUT2D eigenvalue weighted by Gasteiger charge is 2.48. The molecule has 1 aromatic heterocycles. The Morgan fingerprint density at radius 3 is 2.78 bits per heavy atom. The van der Waals surface area contributed by atoms with Crippen molar-refractivity contribution in [1.82, 2.24) is 9.78 Å². The molecule has 1 N–H and O–H groups in total. The van der Waals surface area contributed by atoms with Crippen molar-refractivity contribution in [1.29, 1.82) is 0 Å². The Balaban J connectivity index is 2.07. The van der Waals surface area contributed by atoms with Crippen LogP contribution in [0.15, 0.2) is 35.1 Å². The maximum atomic E-state index is 11.5. The molecular formula is C17H19N3O7. The van der Waals surface area contributed by atoms with Crippen LogP contribution >= 0.6 is 0 Å². The topological polar surface area (TPSA) is 126 Å². The molecule has 144 valence electrons. The van der Waals surface area contributed by atoms with E-state index >= 15 is 0 Å². The van der Waals surface area contributed by atoms with Gasteiger partial charge in [0.25, 0.3) is 11.2 Å². The van der Waals surface area contributed by atoms with Gasteiger partial charge in [-0.05, 0) is 13.0 Å². The lowest BCUT2D eigenvalue weighted by molar-refractivity contribution is -0.385. The number of aromatic nitrogens is 2. The number of rotatable bonds is 5. The van der Waals surface area contributed by atoms with Crippen LogP contribution < -0.4 is 15.0 Å². The number of ether oxygens (including phenoxy) is 3. The Hall–Kier alpha value is -2.98.